The predicted molar refractivity (Wildman–Crippen MR) is 172 cm³/mol. The average Bonchev–Trinajstić information content (AvgIpc) is 3.57. The summed E-state index contributed by atoms with van der Waals surface area (Å²) < 4.78 is 61.8. The Bertz CT molecular complexity index is 2100. The molecule has 12 heteroatoms. The number of nitrogens with zero attached hydrogens (tertiary/aromatic N) is 2. The van der Waals surface area contributed by atoms with Gasteiger partial charge in [0.2, 0.25) is 10.0 Å². The first kappa shape index (κ1) is 31.7. The first-order valence-corrected chi connectivity index (χ1v) is 16.9. The molecule has 3 atom stereocenters. The van der Waals surface area contributed by atoms with Crippen molar-refractivity contribution in [1.29, 1.82) is 0 Å². The van der Waals surface area contributed by atoms with Gasteiger partial charge in [0.15, 0.2) is 0 Å². The van der Waals surface area contributed by atoms with Crippen molar-refractivity contribution in [2.75, 3.05) is 33.4 Å². The van der Waals surface area contributed by atoms with Crippen molar-refractivity contribution in [3.63, 3.8) is 0 Å². The summed E-state index contributed by atoms with van der Waals surface area (Å²) in [6.07, 6.45) is 6.10. The van der Waals surface area contributed by atoms with Crippen LogP contribution in [0.1, 0.15) is 46.2 Å². The molecule has 1 aliphatic heterocycles. The number of halogens is 2. The Hall–Kier alpha value is -4.29. The minimum absolute atomic E-state index is 0.230. The second kappa shape index (κ2) is 11.5. The summed E-state index contributed by atoms with van der Waals surface area (Å²) in [5.41, 5.74) is 1.44. The zero-order valence-corrected chi connectivity index (χ0v) is 27.1. The lowest BCUT2D eigenvalue weighted by Crippen LogP contribution is -2.56. The molecule has 0 radical (unpaired) electrons. The van der Waals surface area contributed by atoms with Crippen LogP contribution < -0.4 is 16.0 Å². The van der Waals surface area contributed by atoms with E-state index in [0.717, 1.165) is 6.26 Å². The molecular weight excluding hydrogens is 614 g/mol. The molecule has 6 rings (SSSR count). The number of fused-ring (bicyclic) bond motifs is 2. The lowest BCUT2D eigenvalue weighted by Gasteiger charge is -2.48. The van der Waals surface area contributed by atoms with Gasteiger partial charge in [-0.05, 0) is 67.7 Å². The third-order valence-electron chi connectivity index (χ3n) is 9.70. The number of likely N-dealkylation sites (tertiary alicyclic amines) is 1. The molecule has 2 N–H and O–H groups in total. The molecule has 2 amide bonds. The van der Waals surface area contributed by atoms with Gasteiger partial charge in [-0.15, -0.1) is 0 Å². The average molecular weight is 651 g/mol. The SMILES string of the molecule is CNC(=O)c1c(-c2ccc(F)cc2)oc2c1=CC(C)(C1CCCN(C(=O)c3[nH]c4c(F)cccc4c3C)C1)C(N(C)S(C)(=O)=O)C=2. The van der Waals surface area contributed by atoms with Gasteiger partial charge in [-0.1, -0.05) is 25.1 Å². The number of hydrogen-bond donors (Lipinski definition) is 2. The molecule has 2 aliphatic rings. The summed E-state index contributed by atoms with van der Waals surface area (Å²) in [4.78, 5) is 32.0. The van der Waals surface area contributed by atoms with E-state index < -0.39 is 39.0 Å². The molecule has 0 spiro atoms. The van der Waals surface area contributed by atoms with E-state index in [9.17, 15) is 26.8 Å². The molecule has 2 aromatic heterocycles. The fraction of sp³-hybridized carbons (Fsp3) is 0.353. The molecular formula is C34H36F2N4O5S. The van der Waals surface area contributed by atoms with E-state index >= 15 is 0 Å². The number of hydrogen-bond acceptors (Lipinski definition) is 5. The Morgan fingerprint density at radius 2 is 1.87 bits per heavy atom. The zero-order valence-electron chi connectivity index (χ0n) is 26.3. The van der Waals surface area contributed by atoms with Crippen molar-refractivity contribution >= 4 is 44.9 Å². The smallest absolute Gasteiger partial charge is 0.270 e. The predicted octanol–water partition coefficient (Wildman–Crippen LogP) is 3.77. The highest BCUT2D eigenvalue weighted by Crippen LogP contribution is 2.43. The number of rotatable bonds is 6. The van der Waals surface area contributed by atoms with E-state index in [1.54, 1.807) is 30.0 Å². The molecule has 3 unspecified atom stereocenters. The molecule has 3 heterocycles. The molecule has 1 saturated heterocycles. The maximum atomic E-state index is 14.5. The van der Waals surface area contributed by atoms with Gasteiger partial charge in [0.05, 0.1) is 23.4 Å². The summed E-state index contributed by atoms with van der Waals surface area (Å²) in [5, 5.41) is 3.81. The van der Waals surface area contributed by atoms with Gasteiger partial charge in [0, 0.05) is 48.8 Å². The lowest BCUT2D eigenvalue weighted by atomic mass is 9.66. The molecule has 0 saturated carbocycles. The lowest BCUT2D eigenvalue weighted by molar-refractivity contribution is 0.0534. The van der Waals surface area contributed by atoms with Crippen LogP contribution in [0, 0.1) is 29.9 Å². The zero-order chi connectivity index (χ0) is 33.1. The van der Waals surface area contributed by atoms with Gasteiger partial charge >= 0.3 is 0 Å². The molecule has 0 bridgehead atoms. The Kier molecular flexibility index (Phi) is 7.92. The highest BCUT2D eigenvalue weighted by Gasteiger charge is 2.47. The Labute approximate surface area is 265 Å². The summed E-state index contributed by atoms with van der Waals surface area (Å²) in [6.45, 7) is 4.51. The van der Waals surface area contributed by atoms with E-state index in [0.29, 0.717) is 58.8 Å². The number of H-pyrrole nitrogens is 1. The summed E-state index contributed by atoms with van der Waals surface area (Å²) in [6, 6.07) is 9.60. The standard InChI is InChI=1S/C34H36F2N4O5S/c1-19-23-9-6-10-25(36)30(23)38-29(19)33(42)40-15-7-8-21(18-40)34(2)17-24-26(16-27(34)39(4)46(5,43)44)45-31(28(24)32(41)37-3)20-11-13-22(35)14-12-20/h6,9-14,16-17,21,27,38H,7-8,15,18H2,1-5H3,(H,37,41). The molecule has 46 heavy (non-hydrogen) atoms. The van der Waals surface area contributed by atoms with Gasteiger partial charge in [0.1, 0.15) is 28.5 Å². The number of nitrogens with one attached hydrogen (secondary N) is 2. The van der Waals surface area contributed by atoms with Gasteiger partial charge in [0.25, 0.3) is 11.8 Å². The number of para-hydroxylation sites is 1. The number of furan rings is 1. The van der Waals surface area contributed by atoms with Crippen LogP contribution in [0.2, 0.25) is 0 Å². The number of sulfonamides is 1. The molecule has 2 aromatic carbocycles. The Morgan fingerprint density at radius 3 is 2.52 bits per heavy atom. The molecule has 4 aromatic rings. The highest BCUT2D eigenvalue weighted by molar-refractivity contribution is 7.88. The van der Waals surface area contributed by atoms with Gasteiger partial charge in [-0.2, -0.15) is 4.31 Å². The molecule has 242 valence electrons. The maximum absolute atomic E-state index is 14.5. The summed E-state index contributed by atoms with van der Waals surface area (Å²) in [7, 11) is -0.685. The van der Waals surface area contributed by atoms with Gasteiger partial charge in [-0.25, -0.2) is 17.2 Å². The van der Waals surface area contributed by atoms with Crippen LogP contribution in [0.25, 0.3) is 34.4 Å². The van der Waals surface area contributed by atoms with E-state index in [1.807, 2.05) is 13.0 Å². The number of aromatic amines is 1. The topological polar surface area (TPSA) is 116 Å². The number of carbonyl (C=O) groups is 2. The van der Waals surface area contributed by atoms with Crippen LogP contribution in [0.3, 0.4) is 0 Å². The van der Waals surface area contributed by atoms with Crippen molar-refractivity contribution in [3.8, 4) is 11.3 Å². The van der Waals surface area contributed by atoms with Crippen LogP contribution >= 0.6 is 0 Å². The van der Waals surface area contributed by atoms with E-state index in [4.69, 9.17) is 4.42 Å². The number of aromatic nitrogens is 1. The third kappa shape index (κ3) is 5.23. The number of amides is 2. The van der Waals surface area contributed by atoms with Crippen molar-refractivity contribution in [3.05, 3.63) is 81.6 Å². The fourth-order valence-corrected chi connectivity index (χ4v) is 7.72. The van der Waals surface area contributed by atoms with E-state index in [-0.39, 0.29) is 28.7 Å². The van der Waals surface area contributed by atoms with Crippen molar-refractivity contribution in [2.45, 2.75) is 32.7 Å². The molecule has 1 fully saturated rings. The van der Waals surface area contributed by atoms with E-state index in [1.165, 1.54) is 48.7 Å². The minimum Gasteiger partial charge on any atom is -0.456 e. The monoisotopic (exact) mass is 650 g/mol. The van der Waals surface area contributed by atoms with Crippen molar-refractivity contribution < 1.29 is 31.2 Å². The van der Waals surface area contributed by atoms with Crippen molar-refractivity contribution in [2.24, 2.45) is 11.3 Å². The van der Waals surface area contributed by atoms with Gasteiger partial charge < -0.3 is 19.6 Å². The summed E-state index contributed by atoms with van der Waals surface area (Å²) >= 11 is 0. The van der Waals surface area contributed by atoms with E-state index in [2.05, 4.69) is 10.3 Å². The van der Waals surface area contributed by atoms with Crippen LogP contribution in [-0.2, 0) is 10.0 Å². The number of carbonyl (C=O) groups excluding carboxylic acids is 2. The number of piperidine rings is 1. The second-order valence-electron chi connectivity index (χ2n) is 12.4. The van der Waals surface area contributed by atoms with Crippen LogP contribution in [0.15, 0.2) is 46.9 Å². The first-order chi connectivity index (χ1) is 21.7. The third-order valence-corrected chi connectivity index (χ3v) is 11.0. The molecule has 9 nitrogen and oxygen atoms in total. The van der Waals surface area contributed by atoms with Gasteiger partial charge in [-0.3, -0.25) is 9.59 Å². The van der Waals surface area contributed by atoms with Crippen LogP contribution in [0.4, 0.5) is 8.78 Å². The number of benzene rings is 2. The fourth-order valence-electron chi connectivity index (χ4n) is 7.02. The van der Waals surface area contributed by atoms with Crippen LogP contribution in [-0.4, -0.2) is 73.9 Å². The maximum Gasteiger partial charge on any atom is 0.270 e. The summed E-state index contributed by atoms with van der Waals surface area (Å²) in [5.74, 6) is -1.54. The minimum atomic E-state index is -3.69. The quantitative estimate of drug-likeness (QED) is 0.330. The highest BCUT2D eigenvalue weighted by atomic mass is 32.2. The Balaban J connectivity index is 1.47. The number of aryl methyl sites for hydroxylation is 1. The molecule has 1 aliphatic carbocycles. The van der Waals surface area contributed by atoms with Crippen molar-refractivity contribution in [1.82, 2.24) is 19.5 Å². The largest absolute Gasteiger partial charge is 0.456 e. The van der Waals surface area contributed by atoms with Crippen LogP contribution in [0.5, 0.6) is 0 Å². The second-order valence-corrected chi connectivity index (χ2v) is 14.5. The Morgan fingerprint density at radius 1 is 1.15 bits per heavy atom. The normalized spacial score (nSPS) is 21.5. The first-order valence-electron chi connectivity index (χ1n) is 15.1.